The summed E-state index contributed by atoms with van der Waals surface area (Å²) in [7, 11) is 0. The molecule has 1 N–H and O–H groups in total. The Hall–Kier alpha value is -2.87. The maximum atomic E-state index is 12.1. The van der Waals surface area contributed by atoms with Crippen LogP contribution in [0, 0.1) is 28.1 Å². The SMILES string of the molecule is CC(C)(C)CN(NC(=O)OC(C)(C)C)c1nc(C#N)ncc1C#N. The van der Waals surface area contributed by atoms with Gasteiger partial charge in [0.15, 0.2) is 5.82 Å². The molecular formula is C16H22N6O2. The zero-order valence-electron chi connectivity index (χ0n) is 14.8. The molecule has 0 radical (unpaired) electrons. The third-order valence-electron chi connectivity index (χ3n) is 2.50. The Morgan fingerprint density at radius 2 is 1.88 bits per heavy atom. The van der Waals surface area contributed by atoms with Crippen LogP contribution in [-0.4, -0.2) is 28.2 Å². The number of hydrogen-bond acceptors (Lipinski definition) is 7. The molecule has 0 unspecified atom stereocenters. The standard InChI is InChI=1S/C16H22N6O2/c1-15(2,3)10-22(21-14(23)24-16(4,5)6)13-11(7-17)9-19-12(8-18)20-13/h9H,10H2,1-6H3,(H,21,23). The van der Waals surface area contributed by atoms with E-state index in [1.54, 1.807) is 20.8 Å². The van der Waals surface area contributed by atoms with Gasteiger partial charge in [0.2, 0.25) is 5.82 Å². The minimum atomic E-state index is -0.673. The number of hydrogen-bond donors (Lipinski definition) is 1. The summed E-state index contributed by atoms with van der Waals surface area (Å²) < 4.78 is 5.25. The van der Waals surface area contributed by atoms with E-state index in [0.29, 0.717) is 6.54 Å². The first kappa shape index (κ1) is 19.2. The van der Waals surface area contributed by atoms with Crippen molar-refractivity contribution in [3.63, 3.8) is 0 Å². The van der Waals surface area contributed by atoms with Crippen molar-refractivity contribution in [1.82, 2.24) is 15.4 Å². The zero-order valence-corrected chi connectivity index (χ0v) is 14.8. The van der Waals surface area contributed by atoms with Crippen LogP contribution in [-0.2, 0) is 4.74 Å². The van der Waals surface area contributed by atoms with Gasteiger partial charge in [0.1, 0.15) is 23.3 Å². The number of rotatable bonds is 3. The predicted molar refractivity (Wildman–Crippen MR) is 87.6 cm³/mol. The van der Waals surface area contributed by atoms with Crippen molar-refractivity contribution in [2.45, 2.75) is 47.1 Å². The number of nitriles is 2. The number of nitrogens with one attached hydrogen (secondary N) is 1. The van der Waals surface area contributed by atoms with E-state index in [2.05, 4.69) is 15.4 Å². The van der Waals surface area contributed by atoms with Crippen LogP contribution in [0.1, 0.15) is 52.9 Å². The zero-order chi connectivity index (χ0) is 18.5. The van der Waals surface area contributed by atoms with Crippen molar-refractivity contribution in [2.75, 3.05) is 11.6 Å². The lowest BCUT2D eigenvalue weighted by Gasteiger charge is -2.32. The summed E-state index contributed by atoms with van der Waals surface area (Å²) in [5.74, 6) is 0.0683. The molecule has 0 bridgehead atoms. The van der Waals surface area contributed by atoms with Gasteiger partial charge in [-0.25, -0.2) is 15.2 Å². The molecule has 0 aliphatic carbocycles. The highest BCUT2D eigenvalue weighted by Gasteiger charge is 2.25. The predicted octanol–water partition coefficient (Wildman–Crippen LogP) is 2.51. The highest BCUT2D eigenvalue weighted by molar-refractivity contribution is 5.71. The number of hydrazine groups is 1. The van der Waals surface area contributed by atoms with Crippen molar-refractivity contribution in [3.8, 4) is 12.1 Å². The van der Waals surface area contributed by atoms with Gasteiger partial charge in [0, 0.05) is 6.54 Å². The van der Waals surface area contributed by atoms with Gasteiger partial charge in [-0.05, 0) is 26.2 Å². The van der Waals surface area contributed by atoms with E-state index in [9.17, 15) is 10.1 Å². The summed E-state index contributed by atoms with van der Waals surface area (Å²) in [6.45, 7) is 11.5. The third kappa shape index (κ3) is 6.09. The van der Waals surface area contributed by atoms with Gasteiger partial charge in [-0.2, -0.15) is 15.5 Å². The number of carbonyl (C=O) groups is 1. The van der Waals surface area contributed by atoms with Crippen molar-refractivity contribution < 1.29 is 9.53 Å². The van der Waals surface area contributed by atoms with E-state index in [1.165, 1.54) is 11.2 Å². The Morgan fingerprint density at radius 1 is 1.25 bits per heavy atom. The second kappa shape index (κ2) is 7.14. The third-order valence-corrected chi connectivity index (χ3v) is 2.50. The van der Waals surface area contributed by atoms with Crippen LogP contribution in [0.5, 0.6) is 0 Å². The molecule has 1 amide bonds. The largest absolute Gasteiger partial charge is 0.443 e. The molecule has 0 aliphatic rings. The van der Waals surface area contributed by atoms with Crippen molar-refractivity contribution in [2.24, 2.45) is 5.41 Å². The number of amides is 1. The van der Waals surface area contributed by atoms with E-state index in [1.807, 2.05) is 32.9 Å². The molecule has 0 spiro atoms. The molecule has 8 heteroatoms. The van der Waals surface area contributed by atoms with Gasteiger partial charge in [-0.3, -0.25) is 5.01 Å². The van der Waals surface area contributed by atoms with Crippen LogP contribution in [0.25, 0.3) is 0 Å². The lowest BCUT2D eigenvalue weighted by atomic mass is 9.96. The number of carbonyl (C=O) groups excluding carboxylic acids is 1. The second-order valence-corrected chi connectivity index (χ2v) is 7.41. The molecular weight excluding hydrogens is 308 g/mol. The quantitative estimate of drug-likeness (QED) is 0.846. The lowest BCUT2D eigenvalue weighted by Crippen LogP contribution is -2.49. The maximum Gasteiger partial charge on any atom is 0.426 e. The topological polar surface area (TPSA) is 115 Å². The molecule has 0 saturated heterocycles. The van der Waals surface area contributed by atoms with Gasteiger partial charge in [-0.15, -0.1) is 0 Å². The molecule has 8 nitrogen and oxygen atoms in total. The van der Waals surface area contributed by atoms with Crippen LogP contribution < -0.4 is 10.4 Å². The smallest absolute Gasteiger partial charge is 0.426 e. The molecule has 1 rings (SSSR count). The fourth-order valence-corrected chi connectivity index (χ4v) is 1.76. The molecule has 128 valence electrons. The first-order chi connectivity index (χ1) is 10.9. The summed E-state index contributed by atoms with van der Waals surface area (Å²) in [5.41, 5.74) is 1.85. The average molecular weight is 330 g/mol. The Labute approximate surface area is 142 Å². The van der Waals surface area contributed by atoms with Crippen LogP contribution in [0.2, 0.25) is 0 Å². The molecule has 24 heavy (non-hydrogen) atoms. The number of anilines is 1. The van der Waals surface area contributed by atoms with Crippen LogP contribution in [0.4, 0.5) is 10.6 Å². The summed E-state index contributed by atoms with van der Waals surface area (Å²) in [6.07, 6.45) is 0.584. The van der Waals surface area contributed by atoms with Crippen molar-refractivity contribution >= 4 is 11.9 Å². The van der Waals surface area contributed by atoms with Gasteiger partial charge >= 0.3 is 6.09 Å². The molecule has 0 atom stereocenters. The second-order valence-electron chi connectivity index (χ2n) is 7.41. The molecule has 0 aliphatic heterocycles. The van der Waals surface area contributed by atoms with E-state index in [-0.39, 0.29) is 22.6 Å². The maximum absolute atomic E-state index is 12.1. The molecule has 0 aromatic carbocycles. The summed E-state index contributed by atoms with van der Waals surface area (Å²) in [5, 5.41) is 19.7. The minimum absolute atomic E-state index is 0.0890. The Kier molecular flexibility index (Phi) is 5.70. The average Bonchev–Trinajstić information content (AvgIpc) is 2.42. The van der Waals surface area contributed by atoms with Gasteiger partial charge in [-0.1, -0.05) is 20.8 Å². The van der Waals surface area contributed by atoms with Gasteiger partial charge < -0.3 is 4.74 Å². The van der Waals surface area contributed by atoms with E-state index < -0.39 is 11.7 Å². The first-order valence-corrected chi connectivity index (χ1v) is 7.39. The van der Waals surface area contributed by atoms with E-state index in [0.717, 1.165) is 0 Å². The lowest BCUT2D eigenvalue weighted by molar-refractivity contribution is 0.0516. The summed E-state index contributed by atoms with van der Waals surface area (Å²) >= 11 is 0. The molecule has 1 heterocycles. The van der Waals surface area contributed by atoms with Crippen LogP contribution in [0.3, 0.4) is 0 Å². The monoisotopic (exact) mass is 330 g/mol. The number of nitrogens with zero attached hydrogens (tertiary/aromatic N) is 5. The summed E-state index contributed by atoms with van der Waals surface area (Å²) in [4.78, 5) is 20.0. The first-order valence-electron chi connectivity index (χ1n) is 7.39. The number of ether oxygens (including phenoxy) is 1. The molecule has 1 aromatic rings. The van der Waals surface area contributed by atoms with Gasteiger partial charge in [0.25, 0.3) is 0 Å². The highest BCUT2D eigenvalue weighted by Crippen LogP contribution is 2.21. The highest BCUT2D eigenvalue weighted by atomic mass is 16.6. The van der Waals surface area contributed by atoms with Crippen molar-refractivity contribution in [3.05, 3.63) is 17.6 Å². The number of aromatic nitrogens is 2. The molecule has 1 aromatic heterocycles. The molecule has 0 saturated carbocycles. The van der Waals surface area contributed by atoms with E-state index in [4.69, 9.17) is 10.00 Å². The fourth-order valence-electron chi connectivity index (χ4n) is 1.76. The van der Waals surface area contributed by atoms with E-state index >= 15 is 0 Å². The Morgan fingerprint density at radius 3 is 2.33 bits per heavy atom. The molecule has 0 fully saturated rings. The minimum Gasteiger partial charge on any atom is -0.443 e. The summed E-state index contributed by atoms with van der Waals surface area (Å²) in [6, 6.07) is 3.79. The van der Waals surface area contributed by atoms with Crippen LogP contribution in [0.15, 0.2) is 6.20 Å². The Balaban J connectivity index is 3.22. The normalized spacial score (nSPS) is 11.2. The fraction of sp³-hybridized carbons (Fsp3) is 0.562. The van der Waals surface area contributed by atoms with Crippen LogP contribution >= 0.6 is 0 Å². The van der Waals surface area contributed by atoms with Gasteiger partial charge in [0.05, 0.1) is 6.20 Å². The van der Waals surface area contributed by atoms with Crippen molar-refractivity contribution in [1.29, 1.82) is 10.5 Å². The Bertz CT molecular complexity index is 688.